The van der Waals surface area contributed by atoms with Crippen molar-refractivity contribution in [3.05, 3.63) is 27.7 Å². The largest absolute Gasteiger partial charge is 0.398 e. The second-order valence-corrected chi connectivity index (χ2v) is 2.47. The molecule has 0 spiro atoms. The summed E-state index contributed by atoms with van der Waals surface area (Å²) in [6.45, 7) is -0.151. The Morgan fingerprint density at radius 3 is 2.62 bits per heavy atom. The van der Waals surface area contributed by atoms with E-state index in [1.54, 1.807) is 0 Å². The highest BCUT2D eigenvalue weighted by Gasteiger charge is 2.15. The van der Waals surface area contributed by atoms with E-state index in [9.17, 15) is 13.6 Å². The Labute approximate surface area is 72.6 Å². The molecule has 0 unspecified atom stereocenters. The van der Waals surface area contributed by atoms with Crippen LogP contribution in [0, 0.1) is 0 Å². The van der Waals surface area contributed by atoms with Crippen molar-refractivity contribution in [3.8, 4) is 0 Å². The predicted molar refractivity (Wildman–Crippen MR) is 44.3 cm³/mol. The van der Waals surface area contributed by atoms with E-state index in [1.807, 2.05) is 0 Å². The molecule has 1 heterocycles. The molecule has 6 heteroatoms. The van der Waals surface area contributed by atoms with Crippen molar-refractivity contribution in [2.45, 2.75) is 13.0 Å². The number of anilines is 1. The van der Waals surface area contributed by atoms with Crippen molar-refractivity contribution in [1.29, 1.82) is 0 Å². The Hall–Kier alpha value is -1.43. The number of pyridine rings is 1. The first-order valence-electron chi connectivity index (χ1n) is 3.56. The number of hydrogen-bond acceptors (Lipinski definition) is 3. The van der Waals surface area contributed by atoms with E-state index in [0.717, 1.165) is 6.20 Å². The zero-order chi connectivity index (χ0) is 10.0. The molecule has 0 aromatic carbocycles. The van der Waals surface area contributed by atoms with Gasteiger partial charge in [0, 0.05) is 12.7 Å². The second-order valence-electron chi connectivity index (χ2n) is 2.47. The summed E-state index contributed by atoms with van der Waals surface area (Å²) < 4.78 is 24.5. The van der Waals surface area contributed by atoms with Gasteiger partial charge in [0.05, 0.1) is 16.8 Å². The summed E-state index contributed by atoms with van der Waals surface area (Å²) >= 11 is 0. The Bertz CT molecular complexity index is 361. The van der Waals surface area contributed by atoms with Crippen LogP contribution in [0.1, 0.15) is 17.6 Å². The number of halogens is 2. The number of H-pyrrole nitrogens is 1. The van der Waals surface area contributed by atoms with Gasteiger partial charge in [-0.15, -0.1) is 0 Å². The minimum Gasteiger partial charge on any atom is -0.398 e. The zero-order valence-corrected chi connectivity index (χ0v) is 6.68. The molecule has 4 nitrogen and oxygen atoms in total. The van der Waals surface area contributed by atoms with Gasteiger partial charge in [0.1, 0.15) is 0 Å². The van der Waals surface area contributed by atoms with Gasteiger partial charge < -0.3 is 16.5 Å². The van der Waals surface area contributed by atoms with Crippen LogP contribution in [0.2, 0.25) is 0 Å². The first kappa shape index (κ1) is 9.66. The molecule has 13 heavy (non-hydrogen) atoms. The fourth-order valence-corrected chi connectivity index (χ4v) is 0.988. The van der Waals surface area contributed by atoms with Crippen molar-refractivity contribution < 1.29 is 8.78 Å². The quantitative estimate of drug-likeness (QED) is 0.627. The van der Waals surface area contributed by atoms with Gasteiger partial charge >= 0.3 is 0 Å². The van der Waals surface area contributed by atoms with Crippen LogP contribution < -0.4 is 17.0 Å². The summed E-state index contributed by atoms with van der Waals surface area (Å²) in [6, 6.07) is 0. The number of alkyl halides is 2. The number of nitrogens with one attached hydrogen (secondary N) is 1. The zero-order valence-electron chi connectivity index (χ0n) is 6.68. The average Bonchev–Trinajstić information content (AvgIpc) is 2.04. The summed E-state index contributed by atoms with van der Waals surface area (Å²) in [6.07, 6.45) is -1.80. The lowest BCUT2D eigenvalue weighted by molar-refractivity contribution is 0.151. The van der Waals surface area contributed by atoms with E-state index in [1.165, 1.54) is 0 Å². The summed E-state index contributed by atoms with van der Waals surface area (Å²) in [4.78, 5) is 13.1. The van der Waals surface area contributed by atoms with Crippen molar-refractivity contribution in [3.63, 3.8) is 0 Å². The Kier molecular flexibility index (Phi) is 2.62. The summed E-state index contributed by atoms with van der Waals surface area (Å²) in [7, 11) is 0. The fraction of sp³-hybridized carbons (Fsp3) is 0.286. The van der Waals surface area contributed by atoms with Crippen molar-refractivity contribution >= 4 is 5.69 Å². The van der Waals surface area contributed by atoms with Gasteiger partial charge in [-0.05, 0) is 0 Å². The number of aromatic nitrogens is 1. The summed E-state index contributed by atoms with van der Waals surface area (Å²) in [5.41, 5.74) is 9.36. The average molecular weight is 189 g/mol. The monoisotopic (exact) mass is 189 g/mol. The van der Waals surface area contributed by atoms with Crippen LogP contribution in [0.25, 0.3) is 0 Å². The Morgan fingerprint density at radius 1 is 1.54 bits per heavy atom. The normalized spacial score (nSPS) is 10.8. The van der Waals surface area contributed by atoms with Crippen LogP contribution >= 0.6 is 0 Å². The van der Waals surface area contributed by atoms with Crippen LogP contribution in [0.15, 0.2) is 11.0 Å². The van der Waals surface area contributed by atoms with E-state index in [-0.39, 0.29) is 23.4 Å². The lowest BCUT2D eigenvalue weighted by Gasteiger charge is -2.07. The number of hydrogen-bond donors (Lipinski definition) is 3. The van der Waals surface area contributed by atoms with Crippen LogP contribution in [0.4, 0.5) is 14.5 Å². The molecule has 0 aliphatic heterocycles. The van der Waals surface area contributed by atoms with Gasteiger partial charge in [-0.3, -0.25) is 4.79 Å². The maximum absolute atomic E-state index is 12.2. The molecule has 72 valence electrons. The third-order valence-corrected chi connectivity index (χ3v) is 1.71. The van der Waals surface area contributed by atoms with Gasteiger partial charge in [0.15, 0.2) is 0 Å². The molecular formula is C7H9F2N3O. The van der Waals surface area contributed by atoms with Gasteiger partial charge in [-0.1, -0.05) is 0 Å². The molecule has 0 saturated heterocycles. The first-order chi connectivity index (χ1) is 6.07. The molecular weight excluding hydrogens is 180 g/mol. The molecule has 0 aliphatic carbocycles. The SMILES string of the molecule is NCc1c(N)c(C(F)F)c[nH]c1=O. The highest BCUT2D eigenvalue weighted by Crippen LogP contribution is 2.24. The van der Waals surface area contributed by atoms with E-state index in [4.69, 9.17) is 11.5 Å². The molecule has 0 saturated carbocycles. The summed E-state index contributed by atoms with van der Waals surface area (Å²) in [5.74, 6) is 0. The topological polar surface area (TPSA) is 84.9 Å². The van der Waals surface area contributed by atoms with Gasteiger partial charge in [0.25, 0.3) is 12.0 Å². The highest BCUT2D eigenvalue weighted by atomic mass is 19.3. The molecule has 1 aromatic heterocycles. The molecule has 0 bridgehead atoms. The third kappa shape index (κ3) is 1.67. The minimum absolute atomic E-state index is 0.00204. The van der Waals surface area contributed by atoms with Crippen LogP contribution in [-0.2, 0) is 6.54 Å². The van der Waals surface area contributed by atoms with Crippen LogP contribution in [0.3, 0.4) is 0 Å². The number of aromatic amines is 1. The highest BCUT2D eigenvalue weighted by molar-refractivity contribution is 5.52. The van der Waals surface area contributed by atoms with Gasteiger partial charge in [-0.25, -0.2) is 8.78 Å². The molecule has 0 radical (unpaired) electrons. The van der Waals surface area contributed by atoms with E-state index in [0.29, 0.717) is 0 Å². The number of nitrogens with two attached hydrogens (primary N) is 2. The standard InChI is InChI=1S/C7H9F2N3O/c8-6(9)4-2-12-7(13)3(1-10)5(4)11/h2,6H,1,10H2,(H3,11,12,13). The van der Waals surface area contributed by atoms with E-state index >= 15 is 0 Å². The second kappa shape index (κ2) is 3.53. The molecule has 0 atom stereocenters. The van der Waals surface area contributed by atoms with Crippen molar-refractivity contribution in [2.75, 3.05) is 5.73 Å². The number of rotatable bonds is 2. The molecule has 0 amide bonds. The van der Waals surface area contributed by atoms with Crippen LogP contribution in [0.5, 0.6) is 0 Å². The smallest absolute Gasteiger partial charge is 0.267 e. The van der Waals surface area contributed by atoms with Gasteiger partial charge in [0.2, 0.25) is 0 Å². The molecule has 0 aliphatic rings. The van der Waals surface area contributed by atoms with Crippen molar-refractivity contribution in [2.24, 2.45) is 5.73 Å². The Morgan fingerprint density at radius 2 is 2.15 bits per heavy atom. The maximum atomic E-state index is 12.2. The lowest BCUT2D eigenvalue weighted by Crippen LogP contribution is -2.19. The maximum Gasteiger partial charge on any atom is 0.267 e. The molecule has 1 rings (SSSR count). The fourth-order valence-electron chi connectivity index (χ4n) is 0.988. The summed E-state index contributed by atoms with van der Waals surface area (Å²) in [5, 5.41) is 0. The minimum atomic E-state index is -2.71. The lowest BCUT2D eigenvalue weighted by atomic mass is 10.1. The van der Waals surface area contributed by atoms with Crippen molar-refractivity contribution in [1.82, 2.24) is 4.98 Å². The molecule has 0 fully saturated rings. The molecule has 5 N–H and O–H groups in total. The Balaban J connectivity index is 3.36. The van der Waals surface area contributed by atoms with Gasteiger partial charge in [-0.2, -0.15) is 0 Å². The predicted octanol–water partition coefficient (Wildman–Crippen LogP) is 0.353. The molecule has 1 aromatic rings. The first-order valence-corrected chi connectivity index (χ1v) is 3.56. The van der Waals surface area contributed by atoms with E-state index in [2.05, 4.69) is 4.98 Å². The van der Waals surface area contributed by atoms with Crippen LogP contribution in [-0.4, -0.2) is 4.98 Å². The van der Waals surface area contributed by atoms with E-state index < -0.39 is 12.0 Å². The number of nitrogen functional groups attached to an aromatic ring is 1. The third-order valence-electron chi connectivity index (χ3n) is 1.71.